The Kier molecular flexibility index (Phi) is 3.19. The van der Waals surface area contributed by atoms with Crippen LogP contribution in [0.5, 0.6) is 0 Å². The van der Waals surface area contributed by atoms with E-state index in [9.17, 15) is 9.50 Å². The molecular formula is C9H11FO2. The summed E-state index contributed by atoms with van der Waals surface area (Å²) >= 11 is 0. The molecule has 0 aliphatic heterocycles. The molecule has 0 amide bonds. The lowest BCUT2D eigenvalue weighted by molar-refractivity contribution is 0.134. The third kappa shape index (κ3) is 2.29. The fourth-order valence-electron chi connectivity index (χ4n) is 1.00. The molecule has 0 unspecified atom stereocenters. The van der Waals surface area contributed by atoms with Crippen molar-refractivity contribution in [1.82, 2.24) is 0 Å². The number of aliphatic hydroxyl groups is 2. The average Bonchev–Trinajstić information content (AvgIpc) is 2.05. The first-order chi connectivity index (χ1) is 5.74. The minimum atomic E-state index is -0.773. The van der Waals surface area contributed by atoms with Gasteiger partial charge in [0.05, 0.1) is 6.10 Å². The van der Waals surface area contributed by atoms with Crippen LogP contribution in [0.1, 0.15) is 18.1 Å². The van der Waals surface area contributed by atoms with Gasteiger partial charge in [-0.25, -0.2) is 4.39 Å². The van der Waals surface area contributed by atoms with E-state index in [-0.39, 0.29) is 18.8 Å². The second-order valence-corrected chi connectivity index (χ2v) is 2.58. The van der Waals surface area contributed by atoms with E-state index in [1.807, 2.05) is 0 Å². The maximum atomic E-state index is 12.6. The van der Waals surface area contributed by atoms with Gasteiger partial charge in [-0.1, -0.05) is 12.1 Å². The number of hydrogen-bond acceptors (Lipinski definition) is 2. The Balaban J connectivity index is 2.73. The molecule has 2 nitrogen and oxygen atoms in total. The van der Waals surface area contributed by atoms with Crippen molar-refractivity contribution in [3.05, 3.63) is 35.6 Å². The van der Waals surface area contributed by atoms with Crippen LogP contribution in [-0.2, 0) is 0 Å². The third-order valence-electron chi connectivity index (χ3n) is 1.64. The Bertz CT molecular complexity index is 250. The molecule has 3 heteroatoms. The molecule has 2 N–H and O–H groups in total. The van der Waals surface area contributed by atoms with Gasteiger partial charge in [0.2, 0.25) is 0 Å². The van der Waals surface area contributed by atoms with Crippen LogP contribution in [-0.4, -0.2) is 16.8 Å². The van der Waals surface area contributed by atoms with E-state index in [1.54, 1.807) is 6.07 Å². The van der Waals surface area contributed by atoms with Crippen molar-refractivity contribution in [1.29, 1.82) is 0 Å². The van der Waals surface area contributed by atoms with Crippen LogP contribution in [0.4, 0.5) is 4.39 Å². The first kappa shape index (κ1) is 9.16. The van der Waals surface area contributed by atoms with Gasteiger partial charge in [-0.15, -0.1) is 0 Å². The number of halogens is 1. The largest absolute Gasteiger partial charge is 0.396 e. The number of aliphatic hydroxyl groups excluding tert-OH is 2. The summed E-state index contributed by atoms with van der Waals surface area (Å²) in [6.45, 7) is -0.0995. The van der Waals surface area contributed by atoms with Gasteiger partial charge in [-0.3, -0.25) is 0 Å². The summed E-state index contributed by atoms with van der Waals surface area (Å²) < 4.78 is 12.6. The number of rotatable bonds is 3. The predicted octanol–water partition coefficient (Wildman–Crippen LogP) is 1.24. The molecular weight excluding hydrogens is 159 g/mol. The molecule has 0 bridgehead atoms. The van der Waals surface area contributed by atoms with Crippen LogP contribution in [0, 0.1) is 5.82 Å². The zero-order valence-corrected chi connectivity index (χ0v) is 6.57. The van der Waals surface area contributed by atoms with Crippen molar-refractivity contribution in [2.45, 2.75) is 12.5 Å². The molecule has 12 heavy (non-hydrogen) atoms. The monoisotopic (exact) mass is 170 g/mol. The Hall–Kier alpha value is -0.930. The molecule has 0 heterocycles. The van der Waals surface area contributed by atoms with Gasteiger partial charge in [0.25, 0.3) is 0 Å². The van der Waals surface area contributed by atoms with Crippen molar-refractivity contribution in [3.63, 3.8) is 0 Å². The zero-order valence-electron chi connectivity index (χ0n) is 6.57. The van der Waals surface area contributed by atoms with Crippen molar-refractivity contribution >= 4 is 0 Å². The third-order valence-corrected chi connectivity index (χ3v) is 1.64. The van der Waals surface area contributed by atoms with Crippen LogP contribution in [0.15, 0.2) is 24.3 Å². The predicted molar refractivity (Wildman–Crippen MR) is 43.1 cm³/mol. The molecule has 1 atom stereocenters. The number of benzene rings is 1. The van der Waals surface area contributed by atoms with Gasteiger partial charge < -0.3 is 10.2 Å². The Labute approximate surface area is 70.3 Å². The van der Waals surface area contributed by atoms with E-state index in [0.717, 1.165) is 0 Å². The summed E-state index contributed by atoms with van der Waals surface area (Å²) in [5, 5.41) is 17.8. The molecule has 66 valence electrons. The fraction of sp³-hybridized carbons (Fsp3) is 0.333. The molecule has 1 aromatic carbocycles. The zero-order chi connectivity index (χ0) is 8.97. The Morgan fingerprint density at radius 3 is 2.75 bits per heavy atom. The number of hydrogen-bond donors (Lipinski definition) is 2. The topological polar surface area (TPSA) is 40.5 Å². The van der Waals surface area contributed by atoms with Gasteiger partial charge in [0.1, 0.15) is 5.82 Å². The van der Waals surface area contributed by atoms with E-state index < -0.39 is 6.10 Å². The van der Waals surface area contributed by atoms with Gasteiger partial charge in [0.15, 0.2) is 0 Å². The molecule has 0 radical (unpaired) electrons. The summed E-state index contributed by atoms with van der Waals surface area (Å²) in [7, 11) is 0. The summed E-state index contributed by atoms with van der Waals surface area (Å²) in [5.41, 5.74) is 0.504. The average molecular weight is 170 g/mol. The lowest BCUT2D eigenvalue weighted by Gasteiger charge is -2.08. The molecule has 0 fully saturated rings. The van der Waals surface area contributed by atoms with Gasteiger partial charge in [-0.2, -0.15) is 0 Å². The Morgan fingerprint density at radius 1 is 1.42 bits per heavy atom. The molecule has 1 rings (SSSR count). The van der Waals surface area contributed by atoms with Gasteiger partial charge in [0, 0.05) is 13.0 Å². The smallest absolute Gasteiger partial charge is 0.123 e. The van der Waals surface area contributed by atoms with Crippen LogP contribution in [0.25, 0.3) is 0 Å². The molecule has 0 saturated heterocycles. The summed E-state index contributed by atoms with van der Waals surface area (Å²) in [5.74, 6) is -0.371. The van der Waals surface area contributed by atoms with Crippen LogP contribution in [0.3, 0.4) is 0 Å². The minimum Gasteiger partial charge on any atom is -0.396 e. The lowest BCUT2D eigenvalue weighted by Crippen LogP contribution is -2.00. The van der Waals surface area contributed by atoms with Gasteiger partial charge >= 0.3 is 0 Å². The molecule has 1 aromatic rings. The quantitative estimate of drug-likeness (QED) is 0.716. The first-order valence-corrected chi connectivity index (χ1v) is 3.78. The Morgan fingerprint density at radius 2 is 2.17 bits per heavy atom. The second kappa shape index (κ2) is 4.18. The molecule has 0 aromatic heterocycles. The maximum absolute atomic E-state index is 12.6. The summed E-state index contributed by atoms with van der Waals surface area (Å²) in [4.78, 5) is 0. The SMILES string of the molecule is OCC[C@@H](O)c1cccc(F)c1. The van der Waals surface area contributed by atoms with Crippen molar-refractivity contribution in [2.75, 3.05) is 6.61 Å². The van der Waals surface area contributed by atoms with Gasteiger partial charge in [-0.05, 0) is 17.7 Å². The first-order valence-electron chi connectivity index (χ1n) is 3.78. The van der Waals surface area contributed by atoms with E-state index >= 15 is 0 Å². The van der Waals surface area contributed by atoms with Crippen LogP contribution < -0.4 is 0 Å². The minimum absolute atomic E-state index is 0.0995. The molecule has 0 spiro atoms. The van der Waals surface area contributed by atoms with Crippen LogP contribution in [0.2, 0.25) is 0 Å². The highest BCUT2D eigenvalue weighted by molar-refractivity contribution is 5.18. The molecule has 0 aliphatic carbocycles. The summed E-state index contributed by atoms with van der Waals surface area (Å²) in [6, 6.07) is 5.74. The highest BCUT2D eigenvalue weighted by atomic mass is 19.1. The van der Waals surface area contributed by atoms with E-state index in [0.29, 0.717) is 5.56 Å². The highest BCUT2D eigenvalue weighted by Crippen LogP contribution is 2.16. The molecule has 0 aliphatic rings. The molecule has 0 saturated carbocycles. The second-order valence-electron chi connectivity index (χ2n) is 2.58. The standard InChI is InChI=1S/C9H11FO2/c10-8-3-1-2-7(6-8)9(12)4-5-11/h1-3,6,9,11-12H,4-5H2/t9-/m1/s1. The lowest BCUT2D eigenvalue weighted by atomic mass is 10.1. The van der Waals surface area contributed by atoms with Crippen LogP contribution >= 0.6 is 0 Å². The van der Waals surface area contributed by atoms with E-state index in [4.69, 9.17) is 5.11 Å². The van der Waals surface area contributed by atoms with E-state index in [2.05, 4.69) is 0 Å². The van der Waals surface area contributed by atoms with Crippen molar-refractivity contribution in [2.24, 2.45) is 0 Å². The normalized spacial score (nSPS) is 12.9. The van der Waals surface area contributed by atoms with Crippen molar-refractivity contribution < 1.29 is 14.6 Å². The van der Waals surface area contributed by atoms with Crippen molar-refractivity contribution in [3.8, 4) is 0 Å². The van der Waals surface area contributed by atoms with E-state index in [1.165, 1.54) is 18.2 Å². The highest BCUT2D eigenvalue weighted by Gasteiger charge is 2.06. The maximum Gasteiger partial charge on any atom is 0.123 e. The summed E-state index contributed by atoms with van der Waals surface area (Å²) in [6.07, 6.45) is -0.533. The fourth-order valence-corrected chi connectivity index (χ4v) is 1.00.